The monoisotopic (exact) mass is 290 g/mol. The molecule has 0 amide bonds. The van der Waals surface area contributed by atoms with Crippen LogP contribution in [0.15, 0.2) is 0 Å². The van der Waals surface area contributed by atoms with Crippen LogP contribution in [0, 0.1) is 5.92 Å². The summed E-state index contributed by atoms with van der Waals surface area (Å²) in [7, 11) is 0. The number of carbonyl (C=O) groups excluding carboxylic acids is 1. The van der Waals surface area contributed by atoms with Gasteiger partial charge >= 0.3 is 5.97 Å². The Labute approximate surface area is 118 Å². The Morgan fingerprint density at radius 1 is 1.37 bits per heavy atom. The number of rotatable bonds is 4. The van der Waals surface area contributed by atoms with E-state index in [0.29, 0.717) is 19.4 Å². The van der Waals surface area contributed by atoms with Gasteiger partial charge < -0.3 is 18.4 Å². The molecule has 0 N–H and O–H groups in total. The number of esters is 1. The van der Waals surface area contributed by atoms with Crippen molar-refractivity contribution in [1.82, 2.24) is 0 Å². The predicted octanol–water partition coefficient (Wildman–Crippen LogP) is 2.14. The number of carbonyl (C=O) groups is 1. The lowest BCUT2D eigenvalue weighted by Crippen LogP contribution is -2.45. The second-order valence-electron chi connectivity index (χ2n) is 5.36. The maximum Gasteiger partial charge on any atom is 0.309 e. The molecule has 2 rings (SSSR count). The maximum atomic E-state index is 11.9. The molecule has 19 heavy (non-hydrogen) atoms. The van der Waals surface area contributed by atoms with Crippen LogP contribution in [0.2, 0.25) is 0 Å². The van der Waals surface area contributed by atoms with E-state index in [1.54, 1.807) is 0 Å². The van der Waals surface area contributed by atoms with E-state index in [9.17, 15) is 4.79 Å². The molecule has 1 aliphatic carbocycles. The third kappa shape index (κ3) is 3.42. The van der Waals surface area contributed by atoms with Crippen LogP contribution in [0.3, 0.4) is 0 Å². The summed E-state index contributed by atoms with van der Waals surface area (Å²) in [6, 6.07) is 0. The first-order valence-electron chi connectivity index (χ1n) is 6.68. The number of ether oxygens (including phenoxy) is 3. The largest absolute Gasteiger partial charge is 0.466 e. The minimum Gasteiger partial charge on any atom is -0.466 e. The Morgan fingerprint density at radius 2 is 2.11 bits per heavy atom. The van der Waals surface area contributed by atoms with E-state index in [0.717, 1.165) is 0 Å². The van der Waals surface area contributed by atoms with Crippen molar-refractivity contribution in [3.05, 3.63) is 0 Å². The highest BCUT2D eigenvalue weighted by Gasteiger charge is 2.51. The van der Waals surface area contributed by atoms with Gasteiger partial charge in [0.05, 0.1) is 18.6 Å². The first kappa shape index (κ1) is 15.1. The van der Waals surface area contributed by atoms with Crippen molar-refractivity contribution in [2.75, 3.05) is 12.9 Å². The molecule has 2 fully saturated rings. The van der Waals surface area contributed by atoms with Gasteiger partial charge in [-0.3, -0.25) is 4.79 Å². The van der Waals surface area contributed by atoms with Gasteiger partial charge in [0.15, 0.2) is 5.79 Å². The summed E-state index contributed by atoms with van der Waals surface area (Å²) in [6.07, 6.45) is 2.79. The highest BCUT2D eigenvalue weighted by Crippen LogP contribution is 2.41. The molecular weight excluding hydrogens is 268 g/mol. The summed E-state index contributed by atoms with van der Waals surface area (Å²) in [4.78, 5) is 11.9. The number of fused-ring (bicyclic) bond motifs is 1. The van der Waals surface area contributed by atoms with E-state index in [-0.39, 0.29) is 30.2 Å². The molecule has 0 aromatic carbocycles. The normalized spacial score (nSPS) is 36.8. The van der Waals surface area contributed by atoms with Crippen LogP contribution in [0.25, 0.3) is 0 Å². The fourth-order valence-corrected chi connectivity index (χ4v) is 3.26. The summed E-state index contributed by atoms with van der Waals surface area (Å²) in [5.74, 6) is -0.946. The topological polar surface area (TPSA) is 54.0 Å². The van der Waals surface area contributed by atoms with Gasteiger partial charge in [0, 0.05) is 6.26 Å². The van der Waals surface area contributed by atoms with Gasteiger partial charge in [-0.15, -0.1) is 0 Å². The third-order valence-corrected chi connectivity index (χ3v) is 3.90. The van der Waals surface area contributed by atoms with Crippen molar-refractivity contribution in [3.8, 4) is 0 Å². The van der Waals surface area contributed by atoms with Crippen LogP contribution in [-0.2, 0) is 23.2 Å². The highest BCUT2D eigenvalue weighted by molar-refractivity contribution is 7.93. The molecule has 1 saturated heterocycles. The third-order valence-electron chi connectivity index (χ3n) is 3.46. The summed E-state index contributed by atoms with van der Waals surface area (Å²) < 4.78 is 22.5. The van der Waals surface area contributed by atoms with E-state index < -0.39 is 5.79 Å². The molecule has 1 heterocycles. The van der Waals surface area contributed by atoms with Gasteiger partial charge in [0.25, 0.3) is 0 Å². The second kappa shape index (κ2) is 5.99. The molecule has 1 aliphatic heterocycles. The van der Waals surface area contributed by atoms with Gasteiger partial charge in [-0.1, -0.05) is 0 Å². The first-order chi connectivity index (χ1) is 8.96. The lowest BCUT2D eigenvalue weighted by molar-refractivity contribution is -0.153. The zero-order valence-corrected chi connectivity index (χ0v) is 12.7. The average Bonchev–Trinajstić information content (AvgIpc) is 2.64. The summed E-state index contributed by atoms with van der Waals surface area (Å²) in [5, 5.41) is 0. The van der Waals surface area contributed by atoms with E-state index in [1.165, 1.54) is 12.0 Å². The smallest absolute Gasteiger partial charge is 0.309 e. The summed E-state index contributed by atoms with van der Waals surface area (Å²) in [5.41, 5.74) is 0. The van der Waals surface area contributed by atoms with Crippen molar-refractivity contribution in [3.63, 3.8) is 0 Å². The van der Waals surface area contributed by atoms with Crippen molar-refractivity contribution in [2.45, 2.75) is 57.7 Å². The fourth-order valence-electron chi connectivity index (χ4n) is 2.82. The quantitative estimate of drug-likeness (QED) is 0.584. The van der Waals surface area contributed by atoms with Gasteiger partial charge in [0.2, 0.25) is 0 Å². The Bertz CT molecular complexity index is 333. The van der Waals surface area contributed by atoms with Gasteiger partial charge in [-0.05, 0) is 45.7 Å². The molecule has 0 unspecified atom stereocenters. The molecule has 0 radical (unpaired) electrons. The average molecular weight is 290 g/mol. The first-order valence-corrected chi connectivity index (χ1v) is 7.83. The van der Waals surface area contributed by atoms with E-state index in [2.05, 4.69) is 0 Å². The molecule has 1 saturated carbocycles. The minimum atomic E-state index is -0.612. The SMILES string of the molecule is CCOC(=O)[C@@H]1C[C@@H]2OC(C)(C)O[C@@H]2[C@H](OSC)C1. The molecule has 0 aromatic heterocycles. The Balaban J connectivity index is 2.08. The molecule has 5 nitrogen and oxygen atoms in total. The van der Waals surface area contributed by atoms with Crippen LogP contribution in [0.1, 0.15) is 33.6 Å². The molecule has 6 heteroatoms. The Morgan fingerprint density at radius 3 is 2.74 bits per heavy atom. The van der Waals surface area contributed by atoms with Crippen LogP contribution in [0.5, 0.6) is 0 Å². The standard InChI is InChI=1S/C13H22O5S/c1-5-15-12(14)8-6-9-11(10(7-8)18-19-4)17-13(2,3)16-9/h8-11H,5-7H2,1-4H3/t8-,9+,10-,11+/m1/s1. The van der Waals surface area contributed by atoms with Crippen LogP contribution >= 0.6 is 12.0 Å². The van der Waals surface area contributed by atoms with E-state index >= 15 is 0 Å². The van der Waals surface area contributed by atoms with Crippen LogP contribution < -0.4 is 0 Å². The number of hydrogen-bond donors (Lipinski definition) is 0. The molecule has 110 valence electrons. The van der Waals surface area contributed by atoms with E-state index in [4.69, 9.17) is 18.4 Å². The van der Waals surface area contributed by atoms with E-state index in [1.807, 2.05) is 27.0 Å². The van der Waals surface area contributed by atoms with Crippen molar-refractivity contribution in [1.29, 1.82) is 0 Å². The summed E-state index contributed by atoms with van der Waals surface area (Å²) >= 11 is 1.30. The summed E-state index contributed by atoms with van der Waals surface area (Å²) in [6.45, 7) is 6.00. The Kier molecular flexibility index (Phi) is 4.76. The lowest BCUT2D eigenvalue weighted by atomic mass is 9.83. The lowest BCUT2D eigenvalue weighted by Gasteiger charge is -2.34. The van der Waals surface area contributed by atoms with Crippen LogP contribution in [0.4, 0.5) is 0 Å². The zero-order chi connectivity index (χ0) is 14.0. The maximum absolute atomic E-state index is 11.9. The Hall–Kier alpha value is -0.300. The molecule has 2 aliphatic rings. The van der Waals surface area contributed by atoms with Crippen molar-refractivity contribution < 1.29 is 23.2 Å². The van der Waals surface area contributed by atoms with Crippen molar-refractivity contribution in [2.24, 2.45) is 5.92 Å². The van der Waals surface area contributed by atoms with Gasteiger partial charge in [0.1, 0.15) is 12.2 Å². The molecule has 0 bridgehead atoms. The zero-order valence-electron chi connectivity index (χ0n) is 11.9. The highest BCUT2D eigenvalue weighted by atomic mass is 32.2. The number of hydrogen-bond acceptors (Lipinski definition) is 6. The molecule has 4 atom stereocenters. The van der Waals surface area contributed by atoms with Crippen molar-refractivity contribution >= 4 is 18.0 Å². The van der Waals surface area contributed by atoms with Crippen LogP contribution in [-0.4, -0.2) is 42.9 Å². The fraction of sp³-hybridized carbons (Fsp3) is 0.923. The van der Waals surface area contributed by atoms with Gasteiger partial charge in [-0.25, -0.2) is 0 Å². The predicted molar refractivity (Wildman–Crippen MR) is 71.6 cm³/mol. The second-order valence-corrected chi connectivity index (χ2v) is 5.89. The minimum absolute atomic E-state index is 0.102. The van der Waals surface area contributed by atoms with Gasteiger partial charge in [-0.2, -0.15) is 0 Å². The molecular formula is C13H22O5S. The molecule has 0 aromatic rings. The molecule has 0 spiro atoms.